The fourth-order valence-electron chi connectivity index (χ4n) is 2.06. The molecule has 0 saturated heterocycles. The predicted octanol–water partition coefficient (Wildman–Crippen LogP) is 3.04. The molecule has 0 unspecified atom stereocenters. The van der Waals surface area contributed by atoms with E-state index < -0.39 is 0 Å². The van der Waals surface area contributed by atoms with E-state index in [-0.39, 0.29) is 5.96 Å². The number of nitriles is 1. The minimum absolute atomic E-state index is 0.243. The summed E-state index contributed by atoms with van der Waals surface area (Å²) in [6.07, 6.45) is 12.4. The summed E-state index contributed by atoms with van der Waals surface area (Å²) in [4.78, 5) is 9.49. The van der Waals surface area contributed by atoms with E-state index in [1.807, 2.05) is 17.0 Å². The Balaban J connectivity index is 2.53. The fraction of sp³-hybridized carbons (Fsp3) is 0.533. The van der Waals surface area contributed by atoms with Crippen LogP contribution in [-0.2, 0) is 0 Å². The summed E-state index contributed by atoms with van der Waals surface area (Å²) in [6, 6.07) is 3.74. The summed E-state index contributed by atoms with van der Waals surface area (Å²) in [6.45, 7) is 2.98. The third-order valence-electron chi connectivity index (χ3n) is 3.15. The Kier molecular flexibility index (Phi) is 7.82. The van der Waals surface area contributed by atoms with Crippen molar-refractivity contribution < 1.29 is 0 Å². The van der Waals surface area contributed by atoms with E-state index in [1.165, 1.54) is 32.1 Å². The van der Waals surface area contributed by atoms with Crippen molar-refractivity contribution in [2.45, 2.75) is 45.4 Å². The Morgan fingerprint density at radius 3 is 2.55 bits per heavy atom. The van der Waals surface area contributed by atoms with Gasteiger partial charge in [-0.25, -0.2) is 0 Å². The number of hydrogen-bond donors (Lipinski definition) is 1. The molecule has 0 spiro atoms. The van der Waals surface area contributed by atoms with Crippen LogP contribution in [0.5, 0.6) is 0 Å². The second-order valence-electron chi connectivity index (χ2n) is 4.69. The normalized spacial score (nSPS) is 11.1. The van der Waals surface area contributed by atoms with Gasteiger partial charge in [0.25, 0.3) is 0 Å². The topological polar surface area (TPSA) is 78.3 Å². The number of aromatic nitrogens is 1. The van der Waals surface area contributed by atoms with Crippen molar-refractivity contribution >= 4 is 11.6 Å². The van der Waals surface area contributed by atoms with Crippen LogP contribution in [0.25, 0.3) is 0 Å². The molecule has 0 saturated carbocycles. The molecule has 1 heterocycles. The first kappa shape index (κ1) is 16.0. The molecule has 5 nitrogen and oxygen atoms in total. The molecule has 1 aromatic rings. The first-order valence-electron chi connectivity index (χ1n) is 7.19. The third-order valence-corrected chi connectivity index (χ3v) is 3.15. The van der Waals surface area contributed by atoms with Gasteiger partial charge < -0.3 is 10.6 Å². The van der Waals surface area contributed by atoms with Gasteiger partial charge in [0, 0.05) is 24.6 Å². The maximum atomic E-state index is 8.64. The van der Waals surface area contributed by atoms with Crippen LogP contribution in [0.4, 0.5) is 5.69 Å². The standard InChI is InChI=1S/C15H23N5/c1-2-3-4-5-6-7-12-20(15(17)19-13-16)14-8-10-18-11-9-14/h8-11H,2-7,12H2,1H3,(H2,17,19). The highest BCUT2D eigenvalue weighted by atomic mass is 15.3. The second-order valence-corrected chi connectivity index (χ2v) is 4.69. The highest BCUT2D eigenvalue weighted by Crippen LogP contribution is 2.14. The SMILES string of the molecule is CCCCCCCCN(C(N)=NC#N)c1ccncc1. The maximum Gasteiger partial charge on any atom is 0.211 e. The number of guanidine groups is 1. The molecule has 0 radical (unpaired) electrons. The van der Waals surface area contributed by atoms with E-state index in [9.17, 15) is 0 Å². The molecule has 0 amide bonds. The lowest BCUT2D eigenvalue weighted by atomic mass is 10.1. The number of unbranched alkanes of at least 4 members (excludes halogenated alkanes) is 5. The molecule has 0 aliphatic rings. The number of nitrogens with zero attached hydrogens (tertiary/aromatic N) is 4. The molecule has 20 heavy (non-hydrogen) atoms. The lowest BCUT2D eigenvalue weighted by molar-refractivity contribution is 0.610. The quantitative estimate of drug-likeness (QED) is 0.342. The summed E-state index contributed by atoms with van der Waals surface area (Å²) in [5, 5.41) is 8.64. The molecule has 0 fully saturated rings. The average Bonchev–Trinajstić information content (AvgIpc) is 2.47. The molecule has 1 aromatic heterocycles. The van der Waals surface area contributed by atoms with Crippen molar-refractivity contribution in [3.8, 4) is 6.19 Å². The van der Waals surface area contributed by atoms with Crippen LogP contribution < -0.4 is 10.6 Å². The second kappa shape index (κ2) is 9.79. The zero-order chi connectivity index (χ0) is 14.6. The van der Waals surface area contributed by atoms with Crippen LogP contribution in [-0.4, -0.2) is 17.5 Å². The number of nitrogens with two attached hydrogens (primary N) is 1. The smallest absolute Gasteiger partial charge is 0.211 e. The maximum absolute atomic E-state index is 8.64. The van der Waals surface area contributed by atoms with E-state index >= 15 is 0 Å². The van der Waals surface area contributed by atoms with Gasteiger partial charge in [-0.15, -0.1) is 4.99 Å². The Bertz CT molecular complexity index is 435. The predicted molar refractivity (Wildman–Crippen MR) is 82.2 cm³/mol. The van der Waals surface area contributed by atoms with Crippen molar-refractivity contribution in [2.75, 3.05) is 11.4 Å². The number of rotatable bonds is 8. The third kappa shape index (κ3) is 5.70. The van der Waals surface area contributed by atoms with Crippen LogP contribution >= 0.6 is 0 Å². The molecule has 5 heteroatoms. The molecule has 1 rings (SSSR count). The van der Waals surface area contributed by atoms with Gasteiger partial charge in [0.1, 0.15) is 0 Å². The lowest BCUT2D eigenvalue weighted by Gasteiger charge is -2.22. The van der Waals surface area contributed by atoms with E-state index in [0.29, 0.717) is 0 Å². The number of anilines is 1. The molecule has 0 aliphatic carbocycles. The van der Waals surface area contributed by atoms with Crippen molar-refractivity contribution in [3.05, 3.63) is 24.5 Å². The Hall–Kier alpha value is -2.09. The zero-order valence-corrected chi connectivity index (χ0v) is 12.1. The highest BCUT2D eigenvalue weighted by molar-refractivity contribution is 5.95. The first-order chi connectivity index (χ1) is 9.79. The summed E-state index contributed by atoms with van der Waals surface area (Å²) < 4.78 is 0. The fourth-order valence-corrected chi connectivity index (χ4v) is 2.06. The monoisotopic (exact) mass is 273 g/mol. The molecule has 0 aromatic carbocycles. The molecular formula is C15H23N5. The number of pyridine rings is 1. The summed E-state index contributed by atoms with van der Waals surface area (Å²) in [7, 11) is 0. The Morgan fingerprint density at radius 2 is 1.90 bits per heavy atom. The van der Waals surface area contributed by atoms with E-state index in [0.717, 1.165) is 18.7 Å². The molecule has 0 aliphatic heterocycles. The largest absolute Gasteiger partial charge is 0.369 e. The number of hydrogen-bond acceptors (Lipinski definition) is 3. The van der Waals surface area contributed by atoms with E-state index in [2.05, 4.69) is 16.9 Å². The van der Waals surface area contributed by atoms with Gasteiger partial charge in [0.15, 0.2) is 0 Å². The van der Waals surface area contributed by atoms with Gasteiger partial charge in [-0.3, -0.25) is 4.98 Å². The van der Waals surface area contributed by atoms with Gasteiger partial charge in [-0.2, -0.15) is 5.26 Å². The van der Waals surface area contributed by atoms with Crippen molar-refractivity contribution in [1.82, 2.24) is 4.98 Å². The van der Waals surface area contributed by atoms with Crippen LogP contribution in [0, 0.1) is 11.5 Å². The van der Waals surface area contributed by atoms with E-state index in [1.54, 1.807) is 18.6 Å². The average molecular weight is 273 g/mol. The minimum Gasteiger partial charge on any atom is -0.369 e. The summed E-state index contributed by atoms with van der Waals surface area (Å²) in [5.41, 5.74) is 6.78. The van der Waals surface area contributed by atoms with Crippen molar-refractivity contribution in [2.24, 2.45) is 10.7 Å². The summed E-state index contributed by atoms with van der Waals surface area (Å²) in [5.74, 6) is 0.243. The van der Waals surface area contributed by atoms with Gasteiger partial charge in [0.2, 0.25) is 12.2 Å². The van der Waals surface area contributed by atoms with Crippen molar-refractivity contribution in [3.63, 3.8) is 0 Å². The minimum atomic E-state index is 0.243. The van der Waals surface area contributed by atoms with E-state index in [4.69, 9.17) is 11.0 Å². The van der Waals surface area contributed by atoms with Gasteiger partial charge in [0.05, 0.1) is 0 Å². The highest BCUT2D eigenvalue weighted by Gasteiger charge is 2.10. The van der Waals surface area contributed by atoms with Crippen LogP contribution in [0.1, 0.15) is 45.4 Å². The number of aliphatic imine (C=N–C) groups is 1. The van der Waals surface area contributed by atoms with Crippen LogP contribution in [0.2, 0.25) is 0 Å². The molecule has 108 valence electrons. The van der Waals surface area contributed by atoms with Gasteiger partial charge in [-0.05, 0) is 18.6 Å². The Morgan fingerprint density at radius 1 is 1.25 bits per heavy atom. The van der Waals surface area contributed by atoms with Crippen LogP contribution in [0.3, 0.4) is 0 Å². The molecular weight excluding hydrogens is 250 g/mol. The first-order valence-corrected chi connectivity index (χ1v) is 7.19. The van der Waals surface area contributed by atoms with Gasteiger partial charge in [-0.1, -0.05) is 39.0 Å². The summed E-state index contributed by atoms with van der Waals surface area (Å²) >= 11 is 0. The van der Waals surface area contributed by atoms with Gasteiger partial charge >= 0.3 is 0 Å². The molecule has 0 atom stereocenters. The van der Waals surface area contributed by atoms with Crippen LogP contribution in [0.15, 0.2) is 29.5 Å². The molecule has 2 N–H and O–H groups in total. The zero-order valence-electron chi connectivity index (χ0n) is 12.1. The van der Waals surface area contributed by atoms with Crippen molar-refractivity contribution in [1.29, 1.82) is 5.26 Å². The molecule has 0 bridgehead atoms. The Labute approximate surface area is 121 Å². The lowest BCUT2D eigenvalue weighted by Crippen LogP contribution is -2.38.